The number of allylic oxidation sites excluding steroid dienone is 1. The van der Waals surface area contributed by atoms with Crippen LogP contribution in [0.15, 0.2) is 54.2 Å². The second-order valence-electron chi connectivity index (χ2n) is 6.74. The van der Waals surface area contributed by atoms with Crippen LogP contribution in [0.4, 0.5) is 4.39 Å². The molecular formula is C22H23ClFN3OS. The summed E-state index contributed by atoms with van der Waals surface area (Å²) in [6.45, 7) is 10.4. The summed E-state index contributed by atoms with van der Waals surface area (Å²) in [6, 6.07) is 10.7. The molecule has 0 bridgehead atoms. The average Bonchev–Trinajstić information content (AvgIpc) is 3.07. The highest BCUT2D eigenvalue weighted by Gasteiger charge is 2.20. The third kappa shape index (κ3) is 5.00. The molecule has 1 aromatic heterocycles. The van der Waals surface area contributed by atoms with Gasteiger partial charge in [-0.25, -0.2) is 4.39 Å². The van der Waals surface area contributed by atoms with Crippen LogP contribution in [0.5, 0.6) is 5.75 Å². The minimum absolute atomic E-state index is 0.309. The third-order valence-electron chi connectivity index (χ3n) is 4.62. The van der Waals surface area contributed by atoms with Gasteiger partial charge in [-0.15, -0.1) is 16.8 Å². The van der Waals surface area contributed by atoms with Gasteiger partial charge in [0.1, 0.15) is 11.6 Å². The van der Waals surface area contributed by atoms with E-state index in [0.717, 1.165) is 5.75 Å². The van der Waals surface area contributed by atoms with Crippen molar-refractivity contribution in [2.24, 2.45) is 0 Å². The van der Waals surface area contributed by atoms with Crippen LogP contribution in [0, 0.1) is 19.7 Å². The molecule has 0 amide bonds. The predicted molar refractivity (Wildman–Crippen MR) is 116 cm³/mol. The number of hydrogen-bond donors (Lipinski definition) is 0. The van der Waals surface area contributed by atoms with E-state index < -0.39 is 0 Å². The molecule has 1 atom stereocenters. The molecule has 0 saturated heterocycles. The van der Waals surface area contributed by atoms with Crippen molar-refractivity contribution in [3.63, 3.8) is 0 Å². The van der Waals surface area contributed by atoms with Crippen LogP contribution >= 0.6 is 23.4 Å². The number of halogens is 2. The molecule has 29 heavy (non-hydrogen) atoms. The standard InChI is InChI=1S/C22H23ClFN3OS/c1-5-11-27-21(16(4)28-17-10-9-14(2)15(3)12-17)25-26-22(27)29-13-18-19(23)7-6-8-20(18)24/h5-10,12,16H,1,11,13H2,2-4H3. The number of benzene rings is 2. The first-order valence-electron chi connectivity index (χ1n) is 9.24. The van der Waals surface area contributed by atoms with Crippen LogP contribution in [0.3, 0.4) is 0 Å². The topological polar surface area (TPSA) is 39.9 Å². The van der Waals surface area contributed by atoms with E-state index in [-0.39, 0.29) is 11.9 Å². The summed E-state index contributed by atoms with van der Waals surface area (Å²) >= 11 is 7.51. The molecule has 0 N–H and O–H groups in total. The van der Waals surface area contributed by atoms with Crippen molar-refractivity contribution in [1.29, 1.82) is 0 Å². The summed E-state index contributed by atoms with van der Waals surface area (Å²) in [5.74, 6) is 1.49. The Hall–Kier alpha value is -2.31. The summed E-state index contributed by atoms with van der Waals surface area (Å²) in [5, 5.41) is 9.67. The van der Waals surface area contributed by atoms with Gasteiger partial charge in [0, 0.05) is 22.9 Å². The Morgan fingerprint density at radius 1 is 1.24 bits per heavy atom. The Morgan fingerprint density at radius 2 is 2.03 bits per heavy atom. The highest BCUT2D eigenvalue weighted by molar-refractivity contribution is 7.98. The summed E-state index contributed by atoms with van der Waals surface area (Å²) in [4.78, 5) is 0. The Kier molecular flexibility index (Phi) is 6.98. The van der Waals surface area contributed by atoms with Crippen molar-refractivity contribution in [3.05, 3.63) is 82.4 Å². The van der Waals surface area contributed by atoms with Gasteiger partial charge < -0.3 is 4.74 Å². The van der Waals surface area contributed by atoms with Gasteiger partial charge in [-0.2, -0.15) is 0 Å². The molecule has 0 aliphatic heterocycles. The van der Waals surface area contributed by atoms with Gasteiger partial charge in [0.15, 0.2) is 17.1 Å². The maximum Gasteiger partial charge on any atom is 0.191 e. The molecule has 2 aromatic carbocycles. The van der Waals surface area contributed by atoms with Crippen molar-refractivity contribution < 1.29 is 9.13 Å². The van der Waals surface area contributed by atoms with Gasteiger partial charge >= 0.3 is 0 Å². The fourth-order valence-electron chi connectivity index (χ4n) is 2.86. The zero-order chi connectivity index (χ0) is 21.0. The first-order valence-corrected chi connectivity index (χ1v) is 10.6. The maximum atomic E-state index is 14.1. The van der Waals surface area contributed by atoms with Crippen molar-refractivity contribution in [2.75, 3.05) is 0 Å². The molecule has 1 heterocycles. The first kappa shape index (κ1) is 21.4. The molecule has 0 radical (unpaired) electrons. The molecule has 0 saturated carbocycles. The molecule has 3 aromatic rings. The molecule has 4 nitrogen and oxygen atoms in total. The number of thioether (sulfide) groups is 1. The van der Waals surface area contributed by atoms with E-state index in [2.05, 4.69) is 30.6 Å². The zero-order valence-electron chi connectivity index (χ0n) is 16.7. The van der Waals surface area contributed by atoms with Gasteiger partial charge in [-0.1, -0.05) is 41.6 Å². The lowest BCUT2D eigenvalue weighted by atomic mass is 10.1. The number of nitrogens with zero attached hydrogens (tertiary/aromatic N) is 3. The average molecular weight is 432 g/mol. The SMILES string of the molecule is C=CCn1c(SCc2c(F)cccc2Cl)nnc1C(C)Oc1ccc(C)c(C)c1. The molecule has 152 valence electrons. The fraction of sp³-hybridized carbons (Fsp3) is 0.273. The molecule has 0 aliphatic rings. The van der Waals surface area contributed by atoms with Gasteiger partial charge in [0.05, 0.1) is 0 Å². The Bertz CT molecular complexity index is 1000. The zero-order valence-corrected chi connectivity index (χ0v) is 18.2. The van der Waals surface area contributed by atoms with E-state index in [1.165, 1.54) is 29.0 Å². The maximum absolute atomic E-state index is 14.1. The summed E-state index contributed by atoms with van der Waals surface area (Å²) in [5.41, 5.74) is 2.83. The van der Waals surface area contributed by atoms with Crippen molar-refractivity contribution in [3.8, 4) is 5.75 Å². The molecule has 7 heteroatoms. The lowest BCUT2D eigenvalue weighted by Crippen LogP contribution is -2.12. The van der Waals surface area contributed by atoms with Crippen LogP contribution < -0.4 is 4.74 Å². The Morgan fingerprint density at radius 3 is 2.72 bits per heavy atom. The minimum atomic E-state index is -0.327. The first-order chi connectivity index (χ1) is 13.9. The number of rotatable bonds is 8. The van der Waals surface area contributed by atoms with Crippen molar-refractivity contribution in [2.45, 2.75) is 44.3 Å². The fourth-order valence-corrected chi connectivity index (χ4v) is 4.16. The van der Waals surface area contributed by atoms with E-state index in [1.54, 1.807) is 18.2 Å². The highest BCUT2D eigenvalue weighted by atomic mass is 35.5. The van der Waals surface area contributed by atoms with Crippen LogP contribution in [0.25, 0.3) is 0 Å². The van der Waals surface area contributed by atoms with Gasteiger partial charge in [0.2, 0.25) is 0 Å². The van der Waals surface area contributed by atoms with E-state index in [1.807, 2.05) is 29.7 Å². The molecule has 1 unspecified atom stereocenters. The largest absolute Gasteiger partial charge is 0.483 e. The lowest BCUT2D eigenvalue weighted by molar-refractivity contribution is 0.210. The number of aromatic nitrogens is 3. The Labute approximate surface area is 179 Å². The molecule has 0 aliphatic carbocycles. The van der Waals surface area contributed by atoms with E-state index in [9.17, 15) is 4.39 Å². The van der Waals surface area contributed by atoms with E-state index in [0.29, 0.717) is 33.9 Å². The summed E-state index contributed by atoms with van der Waals surface area (Å²) in [6.07, 6.45) is 1.46. The smallest absolute Gasteiger partial charge is 0.191 e. The van der Waals surface area contributed by atoms with Crippen molar-refractivity contribution >= 4 is 23.4 Å². The van der Waals surface area contributed by atoms with Crippen LogP contribution in [0.2, 0.25) is 5.02 Å². The van der Waals surface area contributed by atoms with Gasteiger partial charge in [0.25, 0.3) is 0 Å². The highest BCUT2D eigenvalue weighted by Crippen LogP contribution is 2.30. The van der Waals surface area contributed by atoms with Gasteiger partial charge in [-0.3, -0.25) is 4.57 Å². The quantitative estimate of drug-likeness (QED) is 0.309. The van der Waals surface area contributed by atoms with Gasteiger partial charge in [-0.05, 0) is 56.2 Å². The van der Waals surface area contributed by atoms with Crippen LogP contribution in [-0.2, 0) is 12.3 Å². The summed E-state index contributed by atoms with van der Waals surface area (Å²) in [7, 11) is 0. The second-order valence-corrected chi connectivity index (χ2v) is 8.08. The number of aryl methyl sites for hydroxylation is 2. The lowest BCUT2D eigenvalue weighted by Gasteiger charge is -2.16. The van der Waals surface area contributed by atoms with E-state index >= 15 is 0 Å². The second kappa shape index (κ2) is 9.46. The van der Waals surface area contributed by atoms with Crippen LogP contribution in [0.1, 0.15) is 35.5 Å². The normalized spacial score (nSPS) is 12.0. The molecule has 3 rings (SSSR count). The monoisotopic (exact) mass is 431 g/mol. The number of hydrogen-bond acceptors (Lipinski definition) is 4. The molecular weight excluding hydrogens is 409 g/mol. The number of ether oxygens (including phenoxy) is 1. The third-order valence-corrected chi connectivity index (χ3v) is 5.97. The van der Waals surface area contributed by atoms with E-state index in [4.69, 9.17) is 16.3 Å². The minimum Gasteiger partial charge on any atom is -0.483 e. The molecule has 0 spiro atoms. The molecule has 0 fully saturated rings. The van der Waals surface area contributed by atoms with Crippen LogP contribution in [-0.4, -0.2) is 14.8 Å². The van der Waals surface area contributed by atoms with Crippen molar-refractivity contribution in [1.82, 2.24) is 14.8 Å². The predicted octanol–water partition coefficient (Wildman–Crippen LogP) is 6.31. The summed E-state index contributed by atoms with van der Waals surface area (Å²) < 4.78 is 22.1. The Balaban J connectivity index is 1.80.